The van der Waals surface area contributed by atoms with E-state index in [1.807, 2.05) is 12.1 Å². The topological polar surface area (TPSA) is 55.1 Å². The fraction of sp³-hybridized carbons (Fsp3) is 0.545. The van der Waals surface area contributed by atoms with Crippen LogP contribution in [-0.4, -0.2) is 19.4 Å². The summed E-state index contributed by atoms with van der Waals surface area (Å²) in [6.45, 7) is 1.77. The third kappa shape index (κ3) is 2.27. The summed E-state index contributed by atoms with van der Waals surface area (Å²) < 4.78 is 0. The smallest absolute Gasteiger partial charge is 0.160 e. The van der Waals surface area contributed by atoms with Gasteiger partial charge in [-0.2, -0.15) is 0 Å². The number of nitrogens with two attached hydrogens (primary N) is 1. The fourth-order valence-corrected chi connectivity index (χ4v) is 3.14. The van der Waals surface area contributed by atoms with Crippen LogP contribution < -0.4 is 11.1 Å². The normalized spacial score (nSPS) is 26.5. The molecule has 0 aromatic carbocycles. The van der Waals surface area contributed by atoms with Crippen molar-refractivity contribution in [3.05, 3.63) is 21.9 Å². The number of nitrogens with one attached hydrogen (secondary N) is 1. The van der Waals surface area contributed by atoms with Gasteiger partial charge >= 0.3 is 0 Å². The maximum Gasteiger partial charge on any atom is 0.160 e. The largest absolute Gasteiger partial charge is 0.330 e. The van der Waals surface area contributed by atoms with Crippen molar-refractivity contribution in [2.75, 3.05) is 13.1 Å². The monoisotopic (exact) mass is 224 g/mol. The molecule has 82 valence electrons. The van der Waals surface area contributed by atoms with Gasteiger partial charge in [-0.05, 0) is 44.0 Å². The zero-order valence-corrected chi connectivity index (χ0v) is 9.43. The van der Waals surface area contributed by atoms with Gasteiger partial charge in [0.15, 0.2) is 6.29 Å². The highest BCUT2D eigenvalue weighted by Gasteiger charge is 2.25. The molecule has 2 atom stereocenters. The zero-order chi connectivity index (χ0) is 10.7. The number of carbonyl (C=O) groups excluding carboxylic acids is 1. The third-order valence-corrected chi connectivity index (χ3v) is 4.05. The summed E-state index contributed by atoms with van der Waals surface area (Å²) >= 11 is 1.57. The molecule has 0 radical (unpaired) electrons. The summed E-state index contributed by atoms with van der Waals surface area (Å²) in [5, 5.41) is 3.49. The lowest BCUT2D eigenvalue weighted by Crippen LogP contribution is -2.37. The van der Waals surface area contributed by atoms with Crippen LogP contribution in [0.5, 0.6) is 0 Å². The Labute approximate surface area is 93.7 Å². The van der Waals surface area contributed by atoms with Gasteiger partial charge in [-0.15, -0.1) is 11.3 Å². The van der Waals surface area contributed by atoms with Crippen LogP contribution in [-0.2, 0) is 0 Å². The molecule has 0 saturated carbocycles. The molecule has 0 aliphatic carbocycles. The zero-order valence-electron chi connectivity index (χ0n) is 8.61. The Morgan fingerprint density at radius 2 is 2.47 bits per heavy atom. The van der Waals surface area contributed by atoms with Crippen LogP contribution in [0.25, 0.3) is 0 Å². The maximum atomic E-state index is 10.6. The van der Waals surface area contributed by atoms with E-state index in [1.165, 1.54) is 17.7 Å². The minimum Gasteiger partial charge on any atom is -0.330 e. The maximum absolute atomic E-state index is 10.6. The van der Waals surface area contributed by atoms with Crippen molar-refractivity contribution in [2.45, 2.75) is 18.9 Å². The summed E-state index contributed by atoms with van der Waals surface area (Å²) in [7, 11) is 0. The highest BCUT2D eigenvalue weighted by Crippen LogP contribution is 2.32. The Hall–Kier alpha value is -0.710. The molecule has 0 amide bonds. The lowest BCUT2D eigenvalue weighted by molar-refractivity contribution is 0.112. The Morgan fingerprint density at radius 3 is 3.13 bits per heavy atom. The van der Waals surface area contributed by atoms with Gasteiger partial charge in [0.25, 0.3) is 0 Å². The molecule has 1 saturated heterocycles. The van der Waals surface area contributed by atoms with Gasteiger partial charge in [0, 0.05) is 10.9 Å². The highest BCUT2D eigenvalue weighted by molar-refractivity contribution is 7.13. The number of piperidine rings is 1. The number of hydrogen-bond donors (Lipinski definition) is 2. The van der Waals surface area contributed by atoms with Crippen molar-refractivity contribution >= 4 is 17.6 Å². The number of carbonyl (C=O) groups is 1. The van der Waals surface area contributed by atoms with Crippen molar-refractivity contribution < 1.29 is 4.79 Å². The van der Waals surface area contributed by atoms with Crippen molar-refractivity contribution in [3.63, 3.8) is 0 Å². The quantitative estimate of drug-likeness (QED) is 0.766. The number of aldehydes is 1. The summed E-state index contributed by atoms with van der Waals surface area (Å²) in [6.07, 6.45) is 3.29. The first-order valence-electron chi connectivity index (χ1n) is 5.33. The van der Waals surface area contributed by atoms with Crippen molar-refractivity contribution in [1.29, 1.82) is 0 Å². The SMILES string of the molecule is NCC1CCCNC1c1ccc(C=O)s1. The van der Waals surface area contributed by atoms with Crippen molar-refractivity contribution in [3.8, 4) is 0 Å². The van der Waals surface area contributed by atoms with Gasteiger partial charge in [-0.3, -0.25) is 4.79 Å². The summed E-state index contributed by atoms with van der Waals surface area (Å²) in [4.78, 5) is 12.7. The van der Waals surface area contributed by atoms with E-state index in [1.54, 1.807) is 11.3 Å². The molecular weight excluding hydrogens is 208 g/mol. The average Bonchev–Trinajstić information content (AvgIpc) is 2.77. The first-order chi connectivity index (χ1) is 7.35. The van der Waals surface area contributed by atoms with E-state index in [0.29, 0.717) is 18.5 Å². The molecule has 1 fully saturated rings. The molecule has 3 N–H and O–H groups in total. The molecule has 4 heteroatoms. The highest BCUT2D eigenvalue weighted by atomic mass is 32.1. The van der Waals surface area contributed by atoms with Gasteiger partial charge in [-0.1, -0.05) is 0 Å². The number of thiophene rings is 1. The van der Waals surface area contributed by atoms with E-state index in [0.717, 1.165) is 17.7 Å². The van der Waals surface area contributed by atoms with Crippen molar-refractivity contribution in [1.82, 2.24) is 5.32 Å². The predicted octanol–water partition coefficient (Wildman–Crippen LogP) is 1.56. The van der Waals surface area contributed by atoms with Gasteiger partial charge in [0.2, 0.25) is 0 Å². The third-order valence-electron chi connectivity index (χ3n) is 2.96. The molecule has 3 nitrogen and oxygen atoms in total. The van der Waals surface area contributed by atoms with Crippen LogP contribution in [0.2, 0.25) is 0 Å². The van der Waals surface area contributed by atoms with Crippen LogP contribution in [0.15, 0.2) is 12.1 Å². The second-order valence-electron chi connectivity index (χ2n) is 3.93. The van der Waals surface area contributed by atoms with E-state index >= 15 is 0 Å². The van der Waals surface area contributed by atoms with Gasteiger partial charge in [-0.25, -0.2) is 0 Å². The molecule has 1 aliphatic rings. The van der Waals surface area contributed by atoms with E-state index in [-0.39, 0.29) is 0 Å². The Balaban J connectivity index is 2.16. The molecule has 1 aliphatic heterocycles. The molecule has 2 rings (SSSR count). The van der Waals surface area contributed by atoms with E-state index in [9.17, 15) is 4.79 Å². The molecule has 2 unspecified atom stereocenters. The predicted molar refractivity (Wildman–Crippen MR) is 62.2 cm³/mol. The Morgan fingerprint density at radius 1 is 1.60 bits per heavy atom. The number of hydrogen-bond acceptors (Lipinski definition) is 4. The molecular formula is C11H16N2OS. The van der Waals surface area contributed by atoms with Gasteiger partial charge in [0.1, 0.15) is 0 Å². The molecule has 15 heavy (non-hydrogen) atoms. The second-order valence-corrected chi connectivity index (χ2v) is 5.07. The van der Waals surface area contributed by atoms with E-state index in [4.69, 9.17) is 5.73 Å². The molecule has 2 heterocycles. The van der Waals surface area contributed by atoms with Crippen LogP contribution >= 0.6 is 11.3 Å². The summed E-state index contributed by atoms with van der Waals surface area (Å²) in [5.41, 5.74) is 5.77. The number of rotatable bonds is 3. The van der Waals surface area contributed by atoms with Gasteiger partial charge in [0.05, 0.1) is 4.88 Å². The van der Waals surface area contributed by atoms with E-state index in [2.05, 4.69) is 5.32 Å². The van der Waals surface area contributed by atoms with Gasteiger partial charge < -0.3 is 11.1 Å². The summed E-state index contributed by atoms with van der Waals surface area (Å²) in [6, 6.07) is 4.28. The summed E-state index contributed by atoms with van der Waals surface area (Å²) in [5.74, 6) is 0.511. The van der Waals surface area contributed by atoms with Crippen molar-refractivity contribution in [2.24, 2.45) is 11.7 Å². The molecule has 1 aromatic heterocycles. The average molecular weight is 224 g/mol. The minimum absolute atomic E-state index is 0.349. The van der Waals surface area contributed by atoms with Crippen LogP contribution in [0.4, 0.5) is 0 Å². The first-order valence-corrected chi connectivity index (χ1v) is 6.15. The standard InChI is InChI=1S/C11H16N2OS/c12-6-8-2-1-5-13-11(8)10-4-3-9(7-14)15-10/h3-4,7-8,11,13H,1-2,5-6,12H2. The second kappa shape index (κ2) is 4.88. The van der Waals surface area contributed by atoms with Crippen LogP contribution in [0.3, 0.4) is 0 Å². The lowest BCUT2D eigenvalue weighted by atomic mass is 9.90. The lowest BCUT2D eigenvalue weighted by Gasteiger charge is -2.31. The first kappa shape index (κ1) is 10.8. The Bertz CT molecular complexity index is 337. The molecule has 0 bridgehead atoms. The Kier molecular flexibility index (Phi) is 3.51. The fourth-order valence-electron chi connectivity index (χ4n) is 2.14. The van der Waals surface area contributed by atoms with Crippen LogP contribution in [0, 0.1) is 5.92 Å². The minimum atomic E-state index is 0.349. The molecule has 0 spiro atoms. The van der Waals surface area contributed by atoms with E-state index < -0.39 is 0 Å². The van der Waals surface area contributed by atoms with Crippen LogP contribution in [0.1, 0.15) is 33.4 Å². The molecule has 1 aromatic rings.